The van der Waals surface area contributed by atoms with E-state index < -0.39 is 29.1 Å². The number of hydrogen-bond acceptors (Lipinski definition) is 9. The first kappa shape index (κ1) is 28.5. The molecule has 2 fully saturated rings. The minimum absolute atomic E-state index is 0.0409. The van der Waals surface area contributed by atoms with Gasteiger partial charge in [-0.1, -0.05) is 12.1 Å². The highest BCUT2D eigenvalue weighted by atomic mass is 32.2. The van der Waals surface area contributed by atoms with Crippen LogP contribution in [0.15, 0.2) is 53.6 Å². The zero-order chi connectivity index (χ0) is 29.0. The summed E-state index contributed by atoms with van der Waals surface area (Å²) >= 11 is 0.828. The average molecular weight is 589 g/mol. The zero-order valence-corrected chi connectivity index (χ0v) is 22.3. The van der Waals surface area contributed by atoms with E-state index >= 15 is 0 Å². The van der Waals surface area contributed by atoms with Gasteiger partial charge < -0.3 is 15.0 Å². The van der Waals surface area contributed by atoms with Gasteiger partial charge in [0.05, 0.1) is 22.0 Å². The quantitative estimate of drug-likeness (QED) is 0.280. The van der Waals surface area contributed by atoms with E-state index in [0.29, 0.717) is 42.9 Å². The van der Waals surface area contributed by atoms with Crippen LogP contribution in [0.2, 0.25) is 0 Å². The third-order valence-corrected chi connectivity index (χ3v) is 7.26. The second kappa shape index (κ2) is 12.2. The number of rotatable bonds is 8. The van der Waals surface area contributed by atoms with Crippen molar-refractivity contribution in [2.75, 3.05) is 24.5 Å². The van der Waals surface area contributed by atoms with E-state index in [9.17, 15) is 27.2 Å². The molecule has 2 aliphatic rings. The van der Waals surface area contributed by atoms with Crippen LogP contribution in [0.25, 0.3) is 17.3 Å². The van der Waals surface area contributed by atoms with Crippen LogP contribution < -0.4 is 20.3 Å². The molecule has 0 spiro atoms. The Balaban J connectivity index is 1.15. The number of nitrogens with one attached hydrogen (secondary N) is 2. The second-order valence-corrected chi connectivity index (χ2v) is 10.4. The van der Waals surface area contributed by atoms with Crippen LogP contribution in [0, 0.1) is 11.7 Å². The number of carbonyl (C=O) groups excluding carboxylic acids is 2. The monoisotopic (exact) mass is 588 g/mol. The number of benzene rings is 1. The SMILES string of the molecule is O=C1NC(=O)C(=Cc2ccnc(N3CCC(CNCc4cc(F)cc(-c5ccccc5OC(F)(F)F)n4)CC3)n2)S1. The molecule has 0 aliphatic carbocycles. The van der Waals surface area contributed by atoms with Crippen LogP contribution >= 0.6 is 11.8 Å². The number of pyridine rings is 1. The number of carbonyl (C=O) groups is 2. The van der Waals surface area contributed by atoms with E-state index in [1.807, 2.05) is 4.90 Å². The van der Waals surface area contributed by atoms with Gasteiger partial charge in [-0.25, -0.2) is 14.4 Å². The lowest BCUT2D eigenvalue weighted by Gasteiger charge is -2.32. The number of thioether (sulfide) groups is 1. The summed E-state index contributed by atoms with van der Waals surface area (Å²) in [6.07, 6.45) is -0.0305. The first-order valence-corrected chi connectivity index (χ1v) is 13.5. The molecule has 2 saturated heterocycles. The Morgan fingerprint density at radius 1 is 1.12 bits per heavy atom. The topological polar surface area (TPSA) is 109 Å². The largest absolute Gasteiger partial charge is 0.573 e. The van der Waals surface area contributed by atoms with E-state index in [1.54, 1.807) is 18.3 Å². The highest BCUT2D eigenvalue weighted by Gasteiger charge is 2.32. The summed E-state index contributed by atoms with van der Waals surface area (Å²) in [5, 5.41) is 5.07. The van der Waals surface area contributed by atoms with Crippen molar-refractivity contribution in [2.24, 2.45) is 5.92 Å². The van der Waals surface area contributed by atoms with Crippen molar-refractivity contribution in [3.63, 3.8) is 0 Å². The highest BCUT2D eigenvalue weighted by Crippen LogP contribution is 2.33. The predicted octanol–water partition coefficient (Wildman–Crippen LogP) is 4.91. The highest BCUT2D eigenvalue weighted by molar-refractivity contribution is 8.18. The van der Waals surface area contributed by atoms with Crippen LogP contribution in [-0.2, 0) is 11.3 Å². The summed E-state index contributed by atoms with van der Waals surface area (Å²) < 4.78 is 56.9. The van der Waals surface area contributed by atoms with Gasteiger partial charge in [0, 0.05) is 37.5 Å². The minimum Gasteiger partial charge on any atom is -0.405 e. The van der Waals surface area contributed by atoms with E-state index in [4.69, 9.17) is 0 Å². The maximum atomic E-state index is 14.4. The lowest BCUT2D eigenvalue weighted by atomic mass is 9.97. The van der Waals surface area contributed by atoms with Gasteiger partial charge in [0.2, 0.25) is 5.95 Å². The predicted molar refractivity (Wildman–Crippen MR) is 144 cm³/mol. The maximum absolute atomic E-state index is 14.4. The zero-order valence-electron chi connectivity index (χ0n) is 21.4. The first-order valence-electron chi connectivity index (χ1n) is 12.7. The molecule has 2 aliphatic heterocycles. The third-order valence-electron chi connectivity index (χ3n) is 6.45. The lowest BCUT2D eigenvalue weighted by Crippen LogP contribution is -2.38. The van der Waals surface area contributed by atoms with Gasteiger partial charge in [0.25, 0.3) is 11.1 Å². The molecule has 214 valence electrons. The molecule has 0 bridgehead atoms. The number of aromatic nitrogens is 3. The molecule has 2 amide bonds. The van der Waals surface area contributed by atoms with Gasteiger partial charge in [0.15, 0.2) is 0 Å². The number of para-hydroxylation sites is 1. The lowest BCUT2D eigenvalue weighted by molar-refractivity contribution is -0.274. The van der Waals surface area contributed by atoms with Crippen LogP contribution in [0.3, 0.4) is 0 Å². The van der Waals surface area contributed by atoms with E-state index in [0.717, 1.165) is 36.7 Å². The molecule has 4 heterocycles. The summed E-state index contributed by atoms with van der Waals surface area (Å²) in [7, 11) is 0. The molecule has 9 nitrogen and oxygen atoms in total. The number of hydrogen-bond donors (Lipinski definition) is 2. The van der Waals surface area contributed by atoms with E-state index in [2.05, 4.69) is 30.3 Å². The van der Waals surface area contributed by atoms with Crippen LogP contribution in [0.5, 0.6) is 5.75 Å². The number of amides is 2. The number of nitrogens with zero attached hydrogens (tertiary/aromatic N) is 4. The van der Waals surface area contributed by atoms with Gasteiger partial charge in [0.1, 0.15) is 11.6 Å². The fourth-order valence-corrected chi connectivity index (χ4v) is 5.23. The summed E-state index contributed by atoms with van der Waals surface area (Å²) in [5.41, 5.74) is 0.973. The van der Waals surface area contributed by atoms with Crippen molar-refractivity contribution in [3.8, 4) is 17.0 Å². The Morgan fingerprint density at radius 3 is 2.63 bits per heavy atom. The molecule has 2 aromatic heterocycles. The Hall–Kier alpha value is -4.04. The Kier molecular flexibility index (Phi) is 8.49. The Bertz CT molecular complexity index is 1480. The number of anilines is 1. The van der Waals surface area contributed by atoms with Crippen LogP contribution in [-0.4, -0.2) is 52.1 Å². The number of imide groups is 1. The molecule has 0 unspecified atom stereocenters. The maximum Gasteiger partial charge on any atom is 0.573 e. The molecular formula is C27H24F4N6O3S. The average Bonchev–Trinajstić information content (AvgIpc) is 3.24. The number of ether oxygens (including phenoxy) is 1. The molecular weight excluding hydrogens is 564 g/mol. The molecule has 3 aromatic rings. The Labute approximate surface area is 236 Å². The first-order chi connectivity index (χ1) is 19.6. The van der Waals surface area contributed by atoms with Crippen molar-refractivity contribution in [1.82, 2.24) is 25.6 Å². The molecule has 0 radical (unpaired) electrons. The number of alkyl halides is 3. The molecule has 0 saturated carbocycles. The smallest absolute Gasteiger partial charge is 0.405 e. The van der Waals surface area contributed by atoms with Crippen molar-refractivity contribution < 1.29 is 31.9 Å². The fraction of sp³-hybridized carbons (Fsp3) is 0.296. The number of piperidine rings is 1. The molecule has 1 aromatic carbocycles. The molecule has 14 heteroatoms. The van der Waals surface area contributed by atoms with Crippen molar-refractivity contribution in [3.05, 3.63) is 70.8 Å². The number of halogens is 4. The van der Waals surface area contributed by atoms with E-state index in [1.165, 1.54) is 24.3 Å². The van der Waals surface area contributed by atoms with Crippen LogP contribution in [0.1, 0.15) is 24.2 Å². The molecule has 5 rings (SSSR count). The summed E-state index contributed by atoms with van der Waals surface area (Å²) in [6.45, 7) is 2.29. The fourth-order valence-electron chi connectivity index (χ4n) is 4.56. The van der Waals surface area contributed by atoms with Gasteiger partial charge in [-0.05, 0) is 67.4 Å². The van der Waals surface area contributed by atoms with Crippen molar-refractivity contribution in [1.29, 1.82) is 0 Å². The van der Waals surface area contributed by atoms with Gasteiger partial charge in [-0.3, -0.25) is 19.9 Å². The van der Waals surface area contributed by atoms with Gasteiger partial charge >= 0.3 is 6.36 Å². The summed E-state index contributed by atoms with van der Waals surface area (Å²) in [5.74, 6) is -0.646. The normalized spacial score (nSPS) is 17.3. The molecule has 0 atom stereocenters. The third kappa shape index (κ3) is 7.58. The standard InChI is InChI=1S/C27H24F4N6O3S/c28-17-11-19(34-21(12-17)20-3-1-2-4-22(20)40-27(29,30)31)15-32-14-16-6-9-37(10-7-16)25-33-8-5-18(35-25)13-23-24(38)36-26(39)41-23/h1-5,8,11-13,16,32H,6-7,9-10,14-15H2,(H,36,38,39). The molecule has 2 N–H and O–H groups in total. The molecule has 41 heavy (non-hydrogen) atoms. The van der Waals surface area contributed by atoms with Gasteiger partial charge in [-0.2, -0.15) is 0 Å². The van der Waals surface area contributed by atoms with E-state index in [-0.39, 0.29) is 22.7 Å². The van der Waals surface area contributed by atoms with Crippen molar-refractivity contribution >= 4 is 34.9 Å². The summed E-state index contributed by atoms with van der Waals surface area (Å²) in [6, 6.07) is 9.47. The van der Waals surface area contributed by atoms with Crippen LogP contribution in [0.4, 0.5) is 28.3 Å². The minimum atomic E-state index is -4.88. The van der Waals surface area contributed by atoms with Gasteiger partial charge in [-0.15, -0.1) is 13.2 Å². The van der Waals surface area contributed by atoms with Crippen molar-refractivity contribution in [2.45, 2.75) is 25.7 Å². The second-order valence-electron chi connectivity index (χ2n) is 9.40. The Morgan fingerprint density at radius 2 is 1.90 bits per heavy atom. The summed E-state index contributed by atoms with van der Waals surface area (Å²) in [4.78, 5) is 38.7.